The molecule has 8 heteroatoms. The SMILES string of the molecule is Cc1ccc(CC(=O)N2CCN(Cc3nc(N)nc(N)n3)CC2)cc1. The summed E-state index contributed by atoms with van der Waals surface area (Å²) in [5.74, 6) is 0.991. The summed E-state index contributed by atoms with van der Waals surface area (Å²) >= 11 is 0. The van der Waals surface area contributed by atoms with Crippen molar-refractivity contribution in [1.82, 2.24) is 24.8 Å². The third-order valence-corrected chi connectivity index (χ3v) is 4.28. The lowest BCUT2D eigenvalue weighted by Gasteiger charge is -2.34. The summed E-state index contributed by atoms with van der Waals surface area (Å²) in [7, 11) is 0. The lowest BCUT2D eigenvalue weighted by molar-refractivity contribution is -0.132. The van der Waals surface area contributed by atoms with Gasteiger partial charge in [-0.25, -0.2) is 0 Å². The van der Waals surface area contributed by atoms with E-state index in [1.807, 2.05) is 36.1 Å². The molecule has 1 aromatic heterocycles. The third-order valence-electron chi connectivity index (χ3n) is 4.28. The van der Waals surface area contributed by atoms with Crippen LogP contribution in [0.2, 0.25) is 0 Å². The summed E-state index contributed by atoms with van der Waals surface area (Å²) in [6.07, 6.45) is 0.445. The molecule has 0 spiro atoms. The number of nitrogens with two attached hydrogens (primary N) is 2. The van der Waals surface area contributed by atoms with Crippen LogP contribution >= 0.6 is 0 Å². The Kier molecular flexibility index (Phi) is 5.08. The van der Waals surface area contributed by atoms with Crippen LogP contribution in [0.1, 0.15) is 17.0 Å². The molecule has 0 saturated carbocycles. The van der Waals surface area contributed by atoms with Crippen LogP contribution in [0.4, 0.5) is 11.9 Å². The van der Waals surface area contributed by atoms with Crippen molar-refractivity contribution in [2.45, 2.75) is 19.9 Å². The Morgan fingerprint density at radius 3 is 2.20 bits per heavy atom. The van der Waals surface area contributed by atoms with Gasteiger partial charge in [0.05, 0.1) is 13.0 Å². The lowest BCUT2D eigenvalue weighted by atomic mass is 10.1. The number of anilines is 2. The molecule has 1 amide bonds. The molecule has 0 unspecified atom stereocenters. The Labute approximate surface area is 146 Å². The molecule has 8 nitrogen and oxygen atoms in total. The van der Waals surface area contributed by atoms with E-state index in [-0.39, 0.29) is 17.8 Å². The smallest absolute Gasteiger partial charge is 0.227 e. The largest absolute Gasteiger partial charge is 0.368 e. The van der Waals surface area contributed by atoms with E-state index in [4.69, 9.17) is 11.5 Å². The molecule has 0 bridgehead atoms. The fourth-order valence-corrected chi connectivity index (χ4v) is 2.88. The highest BCUT2D eigenvalue weighted by Crippen LogP contribution is 2.10. The van der Waals surface area contributed by atoms with Crippen molar-refractivity contribution in [3.05, 3.63) is 41.2 Å². The van der Waals surface area contributed by atoms with E-state index in [1.165, 1.54) is 5.56 Å². The van der Waals surface area contributed by atoms with E-state index in [9.17, 15) is 4.79 Å². The van der Waals surface area contributed by atoms with Crippen molar-refractivity contribution < 1.29 is 4.79 Å². The number of hydrogen-bond acceptors (Lipinski definition) is 7. The molecular formula is C17H23N7O. The van der Waals surface area contributed by atoms with Gasteiger partial charge in [0, 0.05) is 26.2 Å². The minimum absolute atomic E-state index is 0.134. The van der Waals surface area contributed by atoms with E-state index in [0.717, 1.165) is 18.7 Å². The summed E-state index contributed by atoms with van der Waals surface area (Å²) in [6, 6.07) is 8.09. The van der Waals surface area contributed by atoms with Crippen LogP contribution < -0.4 is 11.5 Å². The highest BCUT2D eigenvalue weighted by molar-refractivity contribution is 5.78. The standard InChI is InChI=1S/C17H23N7O/c1-12-2-4-13(5-3-12)10-15(25)24-8-6-23(7-9-24)11-14-20-16(18)22-17(19)21-14/h2-5H,6-11H2,1H3,(H4,18,19,20,21,22). The molecule has 4 N–H and O–H groups in total. The number of nitrogen functional groups attached to an aromatic ring is 2. The highest BCUT2D eigenvalue weighted by Gasteiger charge is 2.22. The van der Waals surface area contributed by atoms with E-state index < -0.39 is 0 Å². The van der Waals surface area contributed by atoms with Crippen molar-refractivity contribution in [2.24, 2.45) is 0 Å². The lowest BCUT2D eigenvalue weighted by Crippen LogP contribution is -2.48. The zero-order valence-electron chi connectivity index (χ0n) is 14.4. The molecule has 0 atom stereocenters. The van der Waals surface area contributed by atoms with Gasteiger partial charge in [-0.05, 0) is 12.5 Å². The van der Waals surface area contributed by atoms with Crippen molar-refractivity contribution in [1.29, 1.82) is 0 Å². The van der Waals surface area contributed by atoms with Gasteiger partial charge in [-0.3, -0.25) is 9.69 Å². The second kappa shape index (κ2) is 7.43. The molecule has 1 fully saturated rings. The number of piperazine rings is 1. The van der Waals surface area contributed by atoms with Crippen LogP contribution in [0.3, 0.4) is 0 Å². The van der Waals surface area contributed by atoms with Crippen LogP contribution in [0, 0.1) is 6.92 Å². The number of benzene rings is 1. The number of rotatable bonds is 4. The maximum absolute atomic E-state index is 12.4. The Morgan fingerprint density at radius 1 is 1.00 bits per heavy atom. The zero-order chi connectivity index (χ0) is 17.8. The van der Waals surface area contributed by atoms with Crippen LogP contribution in [-0.4, -0.2) is 56.8 Å². The summed E-state index contributed by atoms with van der Waals surface area (Å²) in [6.45, 7) is 5.52. The van der Waals surface area contributed by atoms with Gasteiger partial charge in [0.15, 0.2) is 0 Å². The first-order valence-electron chi connectivity index (χ1n) is 8.31. The molecule has 132 valence electrons. The van der Waals surface area contributed by atoms with Crippen molar-refractivity contribution >= 4 is 17.8 Å². The van der Waals surface area contributed by atoms with Gasteiger partial charge in [0.1, 0.15) is 5.82 Å². The first kappa shape index (κ1) is 17.1. The van der Waals surface area contributed by atoms with Gasteiger partial charge in [-0.15, -0.1) is 0 Å². The number of hydrogen-bond donors (Lipinski definition) is 2. The van der Waals surface area contributed by atoms with E-state index in [2.05, 4.69) is 19.9 Å². The average molecular weight is 341 g/mol. The number of amides is 1. The predicted octanol–water partition coefficient (Wildman–Crippen LogP) is 0.231. The molecular weight excluding hydrogens is 318 g/mol. The monoisotopic (exact) mass is 341 g/mol. The van der Waals surface area contributed by atoms with Crippen LogP contribution in [0.5, 0.6) is 0 Å². The quantitative estimate of drug-likeness (QED) is 0.818. The van der Waals surface area contributed by atoms with Gasteiger partial charge >= 0.3 is 0 Å². The van der Waals surface area contributed by atoms with Gasteiger partial charge in [-0.1, -0.05) is 29.8 Å². The van der Waals surface area contributed by atoms with Crippen LogP contribution in [0.15, 0.2) is 24.3 Å². The topological polar surface area (TPSA) is 114 Å². The molecule has 1 aliphatic rings. The summed E-state index contributed by atoms with van der Waals surface area (Å²) in [5, 5.41) is 0. The molecule has 0 aliphatic carbocycles. The molecule has 25 heavy (non-hydrogen) atoms. The average Bonchev–Trinajstić information content (AvgIpc) is 2.56. The van der Waals surface area contributed by atoms with Gasteiger partial charge < -0.3 is 16.4 Å². The molecule has 0 radical (unpaired) electrons. The number of aryl methyl sites for hydroxylation is 1. The minimum Gasteiger partial charge on any atom is -0.368 e. The van der Waals surface area contributed by atoms with Gasteiger partial charge in [0.25, 0.3) is 0 Å². The summed E-state index contributed by atoms with van der Waals surface area (Å²) < 4.78 is 0. The molecule has 2 heterocycles. The number of carbonyl (C=O) groups excluding carboxylic acids is 1. The molecule has 1 aliphatic heterocycles. The number of carbonyl (C=O) groups is 1. The Bertz CT molecular complexity index is 719. The van der Waals surface area contributed by atoms with E-state index in [0.29, 0.717) is 31.9 Å². The Hall–Kier alpha value is -2.74. The first-order valence-corrected chi connectivity index (χ1v) is 8.31. The summed E-state index contributed by atoms with van der Waals surface area (Å²) in [4.78, 5) is 28.5. The third kappa shape index (κ3) is 4.63. The zero-order valence-corrected chi connectivity index (χ0v) is 14.4. The number of aromatic nitrogens is 3. The second-order valence-corrected chi connectivity index (χ2v) is 6.29. The fourth-order valence-electron chi connectivity index (χ4n) is 2.88. The van der Waals surface area contributed by atoms with Gasteiger partial charge in [0.2, 0.25) is 17.8 Å². The summed E-state index contributed by atoms with van der Waals surface area (Å²) in [5.41, 5.74) is 13.4. The highest BCUT2D eigenvalue weighted by atomic mass is 16.2. The molecule has 1 aromatic carbocycles. The van der Waals surface area contributed by atoms with E-state index >= 15 is 0 Å². The second-order valence-electron chi connectivity index (χ2n) is 6.29. The van der Waals surface area contributed by atoms with Gasteiger partial charge in [-0.2, -0.15) is 15.0 Å². The molecule has 1 saturated heterocycles. The van der Waals surface area contributed by atoms with Crippen molar-refractivity contribution in [3.63, 3.8) is 0 Å². The van der Waals surface area contributed by atoms with Crippen LogP contribution in [0.25, 0.3) is 0 Å². The normalized spacial score (nSPS) is 15.3. The Morgan fingerprint density at radius 2 is 1.60 bits per heavy atom. The minimum atomic E-state index is 0.134. The van der Waals surface area contributed by atoms with Crippen molar-refractivity contribution in [3.8, 4) is 0 Å². The van der Waals surface area contributed by atoms with E-state index in [1.54, 1.807) is 0 Å². The first-order chi connectivity index (χ1) is 12.0. The Balaban J connectivity index is 1.51. The molecule has 2 aromatic rings. The maximum Gasteiger partial charge on any atom is 0.227 e. The number of nitrogens with zero attached hydrogens (tertiary/aromatic N) is 5. The molecule has 3 rings (SSSR count). The van der Waals surface area contributed by atoms with Crippen LogP contribution in [-0.2, 0) is 17.8 Å². The predicted molar refractivity (Wildman–Crippen MR) is 95.4 cm³/mol. The fraction of sp³-hybridized carbons (Fsp3) is 0.412. The van der Waals surface area contributed by atoms with Crippen molar-refractivity contribution in [2.75, 3.05) is 37.6 Å². The maximum atomic E-state index is 12.4.